The lowest BCUT2D eigenvalue weighted by molar-refractivity contribution is -0.298. The minimum absolute atomic E-state index is 0.0115. The van der Waals surface area contributed by atoms with Gasteiger partial charge in [-0.15, -0.1) is 0 Å². The van der Waals surface area contributed by atoms with Crippen molar-refractivity contribution in [3.8, 4) is 0 Å². The van der Waals surface area contributed by atoms with Gasteiger partial charge in [0.15, 0.2) is 0 Å². The van der Waals surface area contributed by atoms with Crippen molar-refractivity contribution in [2.75, 3.05) is 13.7 Å². The smallest absolute Gasteiger partial charge is 0.314 e. The molecule has 0 radical (unpaired) electrons. The Balaban J connectivity index is 1.39. The molecule has 0 aromatic heterocycles. The molecule has 5 fully saturated rings. The first-order chi connectivity index (χ1) is 16.8. The van der Waals surface area contributed by atoms with E-state index in [1.54, 1.807) is 7.11 Å². The van der Waals surface area contributed by atoms with Crippen molar-refractivity contribution < 1.29 is 44.5 Å². The second kappa shape index (κ2) is 8.60. The van der Waals surface area contributed by atoms with Gasteiger partial charge in [0.1, 0.15) is 24.4 Å². The standard InChI is InChI=1S/C27H44O9/c1-23-8-5-9-24(2,22(32)36-21-20(31)19(30)18(29)15(12-28)35-21)16(23)6-10-26-13-25(3,33)27(14-26,34-4)11-7-17(23)26/h15-21,28-31,33H,5-14H2,1-4H3/t15?,16-,17-,18?,19?,20?,21?,23+,24+,25+,26+,27-/m0/s1. The molecule has 5 N–H and O–H groups in total. The van der Waals surface area contributed by atoms with Gasteiger partial charge in [0.05, 0.1) is 23.2 Å². The average Bonchev–Trinajstić information content (AvgIpc) is 2.99. The van der Waals surface area contributed by atoms with Gasteiger partial charge in [-0.25, -0.2) is 0 Å². The maximum Gasteiger partial charge on any atom is 0.314 e. The molecule has 5 unspecified atom stereocenters. The Morgan fingerprint density at radius 2 is 1.64 bits per heavy atom. The van der Waals surface area contributed by atoms with Crippen LogP contribution in [0.15, 0.2) is 0 Å². The minimum Gasteiger partial charge on any atom is -0.432 e. The molecule has 4 aliphatic carbocycles. The van der Waals surface area contributed by atoms with E-state index in [0.29, 0.717) is 18.8 Å². The monoisotopic (exact) mass is 512 g/mol. The Morgan fingerprint density at radius 1 is 0.944 bits per heavy atom. The minimum atomic E-state index is -1.61. The number of carbonyl (C=O) groups is 1. The van der Waals surface area contributed by atoms with E-state index in [9.17, 15) is 30.3 Å². The molecule has 36 heavy (non-hydrogen) atoms. The third kappa shape index (κ3) is 3.50. The molecule has 2 bridgehead atoms. The normalized spacial score (nSPS) is 56.5. The number of fused-ring (bicyclic) bond motifs is 3. The van der Waals surface area contributed by atoms with Crippen molar-refractivity contribution in [3.63, 3.8) is 0 Å². The SMILES string of the molecule is CO[C@@]12CC[C@@H]3[C@@](CC[C@H]4[C@@]3(C)CCC[C@@]4(C)C(=O)OC3OC(CO)C(O)C(O)C3O)(C1)C[C@@]2(C)O. The van der Waals surface area contributed by atoms with Gasteiger partial charge in [-0.1, -0.05) is 13.3 Å². The van der Waals surface area contributed by atoms with E-state index < -0.39 is 59.9 Å². The van der Waals surface area contributed by atoms with Crippen LogP contribution in [0.5, 0.6) is 0 Å². The molecule has 5 rings (SSSR count). The van der Waals surface area contributed by atoms with Crippen LogP contribution in [0.25, 0.3) is 0 Å². The number of esters is 1. The summed E-state index contributed by atoms with van der Waals surface area (Å²) in [7, 11) is 1.72. The Kier molecular flexibility index (Phi) is 6.40. The van der Waals surface area contributed by atoms with Crippen LogP contribution in [-0.4, -0.2) is 87.1 Å². The van der Waals surface area contributed by atoms with Crippen molar-refractivity contribution >= 4 is 5.97 Å². The Morgan fingerprint density at radius 3 is 2.31 bits per heavy atom. The quantitative estimate of drug-likeness (QED) is 0.351. The first kappa shape index (κ1) is 26.8. The fourth-order valence-electron chi connectivity index (χ4n) is 9.79. The van der Waals surface area contributed by atoms with E-state index in [4.69, 9.17) is 14.2 Å². The highest BCUT2D eigenvalue weighted by Gasteiger charge is 2.72. The van der Waals surface area contributed by atoms with E-state index in [-0.39, 0.29) is 16.7 Å². The molecule has 0 aromatic rings. The summed E-state index contributed by atoms with van der Waals surface area (Å²) in [4.78, 5) is 13.8. The predicted octanol–water partition coefficient (Wildman–Crippen LogP) is 1.26. The van der Waals surface area contributed by atoms with Crippen LogP contribution in [0, 0.1) is 28.1 Å². The van der Waals surface area contributed by atoms with Gasteiger partial charge < -0.3 is 39.7 Å². The second-order valence-corrected chi connectivity index (χ2v) is 13.3. The summed E-state index contributed by atoms with van der Waals surface area (Å²) < 4.78 is 17.2. The van der Waals surface area contributed by atoms with Crippen molar-refractivity contribution in [2.24, 2.45) is 28.1 Å². The maximum atomic E-state index is 13.8. The Labute approximate surface area is 213 Å². The van der Waals surface area contributed by atoms with Crippen LogP contribution in [-0.2, 0) is 19.0 Å². The number of rotatable bonds is 4. The molecule has 0 aromatic carbocycles. The highest BCUT2D eigenvalue weighted by molar-refractivity contribution is 5.77. The first-order valence-electron chi connectivity index (χ1n) is 13.6. The van der Waals surface area contributed by atoms with Gasteiger partial charge in [0.2, 0.25) is 6.29 Å². The van der Waals surface area contributed by atoms with Gasteiger partial charge in [-0.05, 0) is 87.9 Å². The van der Waals surface area contributed by atoms with Crippen molar-refractivity contribution in [1.29, 1.82) is 0 Å². The Hall–Kier alpha value is -0.810. The summed E-state index contributed by atoms with van der Waals surface area (Å²) in [6, 6.07) is 0. The van der Waals surface area contributed by atoms with E-state index in [2.05, 4.69) is 6.92 Å². The van der Waals surface area contributed by atoms with E-state index in [1.807, 2.05) is 13.8 Å². The number of hydrogen-bond acceptors (Lipinski definition) is 9. The second-order valence-electron chi connectivity index (χ2n) is 13.3. The van der Waals surface area contributed by atoms with Crippen LogP contribution >= 0.6 is 0 Å². The third-order valence-electron chi connectivity index (χ3n) is 11.5. The molecular formula is C27H44O9. The highest BCUT2D eigenvalue weighted by atomic mass is 16.7. The zero-order chi connectivity index (χ0) is 26.3. The van der Waals surface area contributed by atoms with E-state index in [1.165, 1.54) is 0 Å². The first-order valence-corrected chi connectivity index (χ1v) is 13.6. The number of aliphatic hydroxyl groups is 5. The van der Waals surface area contributed by atoms with E-state index in [0.717, 1.165) is 44.9 Å². The third-order valence-corrected chi connectivity index (χ3v) is 11.5. The van der Waals surface area contributed by atoms with Gasteiger partial charge in [-0.3, -0.25) is 4.79 Å². The van der Waals surface area contributed by atoms with Crippen LogP contribution in [0.4, 0.5) is 0 Å². The van der Waals surface area contributed by atoms with Crippen LogP contribution < -0.4 is 0 Å². The Bertz CT molecular complexity index is 877. The number of methoxy groups -OCH3 is 1. The molecule has 9 nitrogen and oxygen atoms in total. The summed E-state index contributed by atoms with van der Waals surface area (Å²) in [5.74, 6) is -0.0489. The maximum absolute atomic E-state index is 13.8. The molecule has 1 spiro atoms. The lowest BCUT2D eigenvalue weighted by Crippen LogP contribution is -2.62. The van der Waals surface area contributed by atoms with Crippen molar-refractivity contribution in [1.82, 2.24) is 0 Å². The van der Waals surface area contributed by atoms with Gasteiger partial charge >= 0.3 is 5.97 Å². The van der Waals surface area contributed by atoms with Gasteiger partial charge in [0.25, 0.3) is 0 Å². The molecule has 9 heteroatoms. The summed E-state index contributed by atoms with van der Waals surface area (Å²) in [5, 5.41) is 51.6. The summed E-state index contributed by atoms with van der Waals surface area (Å²) in [5.41, 5.74) is -2.31. The number of carbonyl (C=O) groups excluding carboxylic acids is 1. The number of ether oxygens (including phenoxy) is 3. The van der Waals surface area contributed by atoms with Crippen LogP contribution in [0.1, 0.15) is 78.6 Å². The molecular weight excluding hydrogens is 468 g/mol. The lowest BCUT2D eigenvalue weighted by Gasteiger charge is -2.64. The zero-order valence-electron chi connectivity index (χ0n) is 22.0. The van der Waals surface area contributed by atoms with Crippen molar-refractivity contribution in [3.05, 3.63) is 0 Å². The molecule has 206 valence electrons. The topological polar surface area (TPSA) is 146 Å². The summed E-state index contributed by atoms with van der Waals surface area (Å²) in [6.07, 6.45) is 0.314. The molecule has 0 amide bonds. The molecule has 1 heterocycles. The van der Waals surface area contributed by atoms with Gasteiger partial charge in [-0.2, -0.15) is 0 Å². The van der Waals surface area contributed by atoms with E-state index >= 15 is 0 Å². The highest BCUT2D eigenvalue weighted by Crippen LogP contribution is 2.74. The number of aliphatic hydroxyl groups excluding tert-OH is 4. The summed E-state index contributed by atoms with van der Waals surface area (Å²) >= 11 is 0. The molecule has 1 saturated heterocycles. The molecule has 12 atom stereocenters. The largest absolute Gasteiger partial charge is 0.432 e. The average molecular weight is 513 g/mol. The summed E-state index contributed by atoms with van der Waals surface area (Å²) in [6.45, 7) is 5.61. The predicted molar refractivity (Wildman–Crippen MR) is 127 cm³/mol. The molecule has 4 saturated carbocycles. The fraction of sp³-hybridized carbons (Fsp3) is 0.963. The van der Waals surface area contributed by atoms with Crippen LogP contribution in [0.2, 0.25) is 0 Å². The van der Waals surface area contributed by atoms with Crippen LogP contribution in [0.3, 0.4) is 0 Å². The number of hydrogen-bond donors (Lipinski definition) is 5. The zero-order valence-corrected chi connectivity index (χ0v) is 22.0. The van der Waals surface area contributed by atoms with Gasteiger partial charge in [0, 0.05) is 7.11 Å². The lowest BCUT2D eigenvalue weighted by atomic mass is 9.41. The molecule has 1 aliphatic heterocycles. The fourth-order valence-corrected chi connectivity index (χ4v) is 9.79. The van der Waals surface area contributed by atoms with Crippen molar-refractivity contribution in [2.45, 2.75) is 120 Å². The molecule has 5 aliphatic rings.